The maximum atomic E-state index is 6.50. The van der Waals surface area contributed by atoms with Gasteiger partial charge in [-0.3, -0.25) is 4.98 Å². The Morgan fingerprint density at radius 1 is 0.510 bits per heavy atom. The van der Waals surface area contributed by atoms with E-state index in [9.17, 15) is 0 Å². The van der Waals surface area contributed by atoms with E-state index in [0.717, 1.165) is 73.7 Å². The average Bonchev–Trinajstić information content (AvgIpc) is 3.57. The molecule has 230 valence electrons. The predicted molar refractivity (Wildman–Crippen MR) is 199 cm³/mol. The second kappa shape index (κ2) is 11.1. The van der Waals surface area contributed by atoms with E-state index in [1.165, 1.54) is 21.7 Å². The van der Waals surface area contributed by atoms with Crippen LogP contribution in [0.5, 0.6) is 0 Å². The van der Waals surface area contributed by atoms with Gasteiger partial charge in [0.2, 0.25) is 0 Å². The van der Waals surface area contributed by atoms with E-state index < -0.39 is 0 Å². The first-order valence-corrected chi connectivity index (χ1v) is 16.6. The molecule has 0 fully saturated rings. The standard InChI is InChI=1S/C44H28N4O/c1-2-9-27(10-3-1)28-17-19-31(20-18-28)42-46-43(37-15-8-14-36-34-13-6-7-16-38(34)49-41(36)37)48-44(47-42)40-39-30(25-26-45-40)22-23-33-32-12-5-4-11-29(32)21-24-35(33)39/h1-5,7-12,14-26H,6,13H2. The number of benzene rings is 6. The Labute approximate surface area is 282 Å². The lowest BCUT2D eigenvalue weighted by molar-refractivity contribution is 0.596. The molecule has 0 unspecified atom stereocenters. The van der Waals surface area contributed by atoms with E-state index in [4.69, 9.17) is 24.4 Å². The van der Waals surface area contributed by atoms with Gasteiger partial charge in [0.15, 0.2) is 17.5 Å². The molecule has 0 saturated heterocycles. The molecule has 10 rings (SSSR count). The molecule has 9 aromatic rings. The molecule has 0 bridgehead atoms. The number of hydrogen-bond acceptors (Lipinski definition) is 5. The smallest absolute Gasteiger partial charge is 0.183 e. The van der Waals surface area contributed by atoms with Gasteiger partial charge in [-0.25, -0.2) is 15.0 Å². The van der Waals surface area contributed by atoms with Crippen LogP contribution in [0.1, 0.15) is 17.7 Å². The van der Waals surface area contributed by atoms with Crippen LogP contribution in [0.4, 0.5) is 0 Å². The minimum Gasteiger partial charge on any atom is -0.456 e. The summed E-state index contributed by atoms with van der Waals surface area (Å²) >= 11 is 0. The summed E-state index contributed by atoms with van der Waals surface area (Å²) in [4.78, 5) is 20.4. The summed E-state index contributed by atoms with van der Waals surface area (Å²) in [5.41, 5.74) is 6.78. The maximum Gasteiger partial charge on any atom is 0.183 e. The molecular weight excluding hydrogens is 601 g/mol. The number of allylic oxidation sites excluding steroid dienone is 1. The first-order valence-electron chi connectivity index (χ1n) is 16.6. The van der Waals surface area contributed by atoms with Crippen molar-refractivity contribution in [2.24, 2.45) is 0 Å². The van der Waals surface area contributed by atoms with Gasteiger partial charge >= 0.3 is 0 Å². The summed E-state index contributed by atoms with van der Waals surface area (Å²) < 4.78 is 6.50. The molecule has 0 spiro atoms. The van der Waals surface area contributed by atoms with Crippen LogP contribution in [0.25, 0.3) is 94.8 Å². The summed E-state index contributed by atoms with van der Waals surface area (Å²) in [5, 5.41) is 7.89. The predicted octanol–water partition coefficient (Wildman–Crippen LogP) is 11.1. The molecule has 0 amide bonds. The fraction of sp³-hybridized carbons (Fsp3) is 0.0455. The molecule has 0 aliphatic heterocycles. The van der Waals surface area contributed by atoms with Crippen molar-refractivity contribution in [1.82, 2.24) is 19.9 Å². The highest BCUT2D eigenvalue weighted by molar-refractivity contribution is 6.20. The second-order valence-corrected chi connectivity index (χ2v) is 12.5. The van der Waals surface area contributed by atoms with Gasteiger partial charge in [0.25, 0.3) is 0 Å². The lowest BCUT2D eigenvalue weighted by atomic mass is 9.96. The highest BCUT2D eigenvalue weighted by atomic mass is 16.3. The van der Waals surface area contributed by atoms with E-state index in [1.807, 2.05) is 18.3 Å². The largest absolute Gasteiger partial charge is 0.456 e. The maximum absolute atomic E-state index is 6.50. The average molecular weight is 629 g/mol. The number of nitrogens with zero attached hydrogens (tertiary/aromatic N) is 4. The molecule has 3 aromatic heterocycles. The third kappa shape index (κ3) is 4.54. The van der Waals surface area contributed by atoms with E-state index in [-0.39, 0.29) is 0 Å². The van der Waals surface area contributed by atoms with Gasteiger partial charge in [0, 0.05) is 28.1 Å². The van der Waals surface area contributed by atoms with Gasteiger partial charge in [-0.1, -0.05) is 121 Å². The number of aromatic nitrogens is 4. The van der Waals surface area contributed by atoms with Crippen molar-refractivity contribution in [3.63, 3.8) is 0 Å². The van der Waals surface area contributed by atoms with Crippen LogP contribution in [0, 0.1) is 0 Å². The molecule has 0 N–H and O–H groups in total. The number of furan rings is 1. The number of hydrogen-bond donors (Lipinski definition) is 0. The van der Waals surface area contributed by atoms with Crippen LogP contribution < -0.4 is 0 Å². The highest BCUT2D eigenvalue weighted by Crippen LogP contribution is 2.39. The zero-order chi connectivity index (χ0) is 32.3. The molecule has 6 aromatic carbocycles. The Hall–Kier alpha value is -6.46. The van der Waals surface area contributed by atoms with Crippen molar-refractivity contribution >= 4 is 49.4 Å². The number of para-hydroxylation sites is 1. The second-order valence-electron chi connectivity index (χ2n) is 12.5. The molecule has 3 heterocycles. The van der Waals surface area contributed by atoms with E-state index in [1.54, 1.807) is 0 Å². The Balaban J connectivity index is 1.23. The molecule has 1 aliphatic rings. The van der Waals surface area contributed by atoms with Gasteiger partial charge in [0.05, 0.1) is 5.56 Å². The SMILES string of the molecule is C1=Cc2oc3c(-c4nc(-c5ccc(-c6ccccc6)cc5)nc(-c5nccc6ccc7c8ccccc8ccc7c56)n4)cccc3c2CC1. The quantitative estimate of drug-likeness (QED) is 0.181. The molecule has 0 saturated carbocycles. The van der Waals surface area contributed by atoms with Gasteiger partial charge in [-0.15, -0.1) is 0 Å². The summed E-state index contributed by atoms with van der Waals surface area (Å²) in [6.07, 6.45) is 8.04. The van der Waals surface area contributed by atoms with Crippen LogP contribution in [0.3, 0.4) is 0 Å². The van der Waals surface area contributed by atoms with Crippen molar-refractivity contribution in [1.29, 1.82) is 0 Å². The first-order chi connectivity index (χ1) is 24.3. The van der Waals surface area contributed by atoms with Gasteiger partial charge in [-0.05, 0) is 69.1 Å². The van der Waals surface area contributed by atoms with Crippen molar-refractivity contribution < 1.29 is 4.42 Å². The van der Waals surface area contributed by atoms with Crippen molar-refractivity contribution in [2.75, 3.05) is 0 Å². The van der Waals surface area contributed by atoms with E-state index >= 15 is 0 Å². The lowest BCUT2D eigenvalue weighted by Crippen LogP contribution is -2.02. The molecule has 0 atom stereocenters. The third-order valence-corrected chi connectivity index (χ3v) is 9.67. The molecule has 0 radical (unpaired) electrons. The Bertz CT molecular complexity index is 2760. The topological polar surface area (TPSA) is 64.7 Å². The lowest BCUT2D eigenvalue weighted by Gasteiger charge is -2.12. The fourth-order valence-electron chi connectivity index (χ4n) is 7.28. The first kappa shape index (κ1) is 27.6. The van der Waals surface area contributed by atoms with Crippen LogP contribution in [-0.4, -0.2) is 19.9 Å². The zero-order valence-corrected chi connectivity index (χ0v) is 26.5. The van der Waals surface area contributed by atoms with Crippen LogP contribution in [-0.2, 0) is 6.42 Å². The van der Waals surface area contributed by atoms with Gasteiger partial charge in [-0.2, -0.15) is 0 Å². The number of fused-ring (bicyclic) bond motifs is 8. The number of aryl methyl sites for hydroxylation is 1. The van der Waals surface area contributed by atoms with Crippen LogP contribution in [0.2, 0.25) is 0 Å². The molecular formula is C44H28N4O. The third-order valence-electron chi connectivity index (χ3n) is 9.67. The molecule has 1 aliphatic carbocycles. The van der Waals surface area contributed by atoms with E-state index in [0.29, 0.717) is 17.5 Å². The Morgan fingerprint density at radius 2 is 1.24 bits per heavy atom. The van der Waals surface area contributed by atoms with Crippen molar-refractivity contribution in [3.8, 4) is 45.4 Å². The number of rotatable bonds is 4. The van der Waals surface area contributed by atoms with Crippen molar-refractivity contribution in [2.45, 2.75) is 12.8 Å². The van der Waals surface area contributed by atoms with E-state index in [2.05, 4.69) is 127 Å². The fourth-order valence-corrected chi connectivity index (χ4v) is 7.28. The zero-order valence-electron chi connectivity index (χ0n) is 26.5. The summed E-state index contributed by atoms with van der Waals surface area (Å²) in [6.45, 7) is 0. The van der Waals surface area contributed by atoms with Crippen LogP contribution in [0.15, 0.2) is 144 Å². The summed E-state index contributed by atoms with van der Waals surface area (Å²) in [7, 11) is 0. The highest BCUT2D eigenvalue weighted by Gasteiger charge is 2.22. The minimum absolute atomic E-state index is 0.520. The van der Waals surface area contributed by atoms with Crippen molar-refractivity contribution in [3.05, 3.63) is 151 Å². The number of pyridine rings is 1. The summed E-state index contributed by atoms with van der Waals surface area (Å²) in [5.74, 6) is 2.57. The molecule has 5 heteroatoms. The molecule has 5 nitrogen and oxygen atoms in total. The van der Waals surface area contributed by atoms with Gasteiger partial charge < -0.3 is 4.42 Å². The van der Waals surface area contributed by atoms with Gasteiger partial charge in [0.1, 0.15) is 17.0 Å². The minimum atomic E-state index is 0.520. The Morgan fingerprint density at radius 3 is 2.16 bits per heavy atom. The monoisotopic (exact) mass is 628 g/mol. The molecule has 49 heavy (non-hydrogen) atoms. The van der Waals surface area contributed by atoms with Crippen LogP contribution >= 0.6 is 0 Å². The Kier molecular flexibility index (Phi) is 6.24. The normalized spacial score (nSPS) is 12.7. The summed E-state index contributed by atoms with van der Waals surface area (Å²) in [6, 6.07) is 44.3.